The Morgan fingerprint density at radius 1 is 1.00 bits per heavy atom. The maximum atomic E-state index is 15.7. The number of hydrogen-bond acceptors (Lipinski definition) is 11. The Morgan fingerprint density at radius 2 is 1.65 bits per heavy atom. The molecule has 3 heterocycles. The summed E-state index contributed by atoms with van der Waals surface area (Å²) in [5.41, 5.74) is 6.18. The minimum Gasteiger partial charge on any atom is -0.447 e. The monoisotopic (exact) mass is 1120 g/mol. The number of fused-ring (bicyclic) bond motifs is 4. The topological polar surface area (TPSA) is 215 Å². The van der Waals surface area contributed by atoms with Crippen LogP contribution in [-0.4, -0.2) is 90.8 Å². The molecule has 0 radical (unpaired) electrons. The van der Waals surface area contributed by atoms with Crippen LogP contribution in [0.2, 0.25) is 5.02 Å². The summed E-state index contributed by atoms with van der Waals surface area (Å²) in [4.78, 5) is 32.5. The van der Waals surface area contributed by atoms with E-state index in [-0.39, 0.29) is 44.2 Å². The van der Waals surface area contributed by atoms with E-state index in [0.717, 1.165) is 42.7 Å². The Hall–Kier alpha value is -5.95. The lowest BCUT2D eigenvalue weighted by Crippen LogP contribution is -2.39. The number of amides is 2. The van der Waals surface area contributed by atoms with Crippen molar-refractivity contribution in [2.24, 2.45) is 17.4 Å². The standard InChI is InChI=1S/C47H47ClF10N8O7S2/c1-44(2,74(3,69)70)13-12-28-8-9-29(30-10-11-34(48)38-40(30)65(23-45(51,52)53)63-42(38)66(75(4,71)72)43(68)73-22-27(60)7-5-6-14-59)39(61-28)35(17-24-15-25(49)18-26(50)16-24)62-36(67)21-64-20-33(47(56,57)58)37-31-19-32(31)46(54,55)41(37)64/h8-11,15-16,18,20,27,31-32,35H,5-7,14,17,19,21-23,59-60H2,1-4H3,(H,62,67)/t27-,31-,32?,35-/m0/s1. The molecule has 0 aliphatic heterocycles. The molecule has 2 amide bonds. The number of nitrogens with two attached hydrogens (primary N) is 2. The molecule has 1 unspecified atom stereocenters. The highest BCUT2D eigenvalue weighted by molar-refractivity contribution is 7.93. The van der Waals surface area contributed by atoms with Gasteiger partial charge in [0.05, 0.1) is 45.2 Å². The fourth-order valence-corrected chi connectivity index (χ4v) is 10.1. The quantitative estimate of drug-likeness (QED) is 0.0458. The molecule has 4 atom stereocenters. The van der Waals surface area contributed by atoms with Crippen LogP contribution in [0.15, 0.2) is 48.7 Å². The van der Waals surface area contributed by atoms with Crippen molar-refractivity contribution < 1.29 is 75.1 Å². The number of benzene rings is 2. The van der Waals surface area contributed by atoms with E-state index in [1.807, 2.05) is 0 Å². The molecule has 15 nitrogen and oxygen atoms in total. The number of unbranched alkanes of at least 4 members (excludes halogenated alkanes) is 1. The third-order valence-electron chi connectivity index (χ3n) is 12.6. The van der Waals surface area contributed by atoms with E-state index >= 15 is 8.78 Å². The number of rotatable bonds is 17. The largest absolute Gasteiger partial charge is 0.447 e. The molecule has 2 aromatic carbocycles. The second kappa shape index (κ2) is 20.5. The molecular weight excluding hydrogens is 1080 g/mol. The first kappa shape index (κ1) is 56.8. The Balaban J connectivity index is 1.45. The van der Waals surface area contributed by atoms with Gasteiger partial charge in [-0.3, -0.25) is 9.48 Å². The first-order valence-electron chi connectivity index (χ1n) is 22.7. The number of nitrogens with zero attached hydrogens (tertiary/aromatic N) is 5. The average molecular weight is 1130 g/mol. The van der Waals surface area contributed by atoms with Crippen molar-refractivity contribution in [2.75, 3.05) is 30.0 Å². The lowest BCUT2D eigenvalue weighted by molar-refractivity contribution is -0.142. The van der Waals surface area contributed by atoms with Crippen molar-refractivity contribution in [3.05, 3.63) is 99.1 Å². The number of nitrogens with one attached hydrogen (secondary N) is 1. The first-order chi connectivity index (χ1) is 34.6. The van der Waals surface area contributed by atoms with Crippen molar-refractivity contribution in [3.8, 4) is 23.0 Å². The zero-order valence-corrected chi connectivity index (χ0v) is 42.4. The van der Waals surface area contributed by atoms with Gasteiger partial charge in [0.2, 0.25) is 15.9 Å². The number of carbonyl (C=O) groups is 2. The van der Waals surface area contributed by atoms with Crippen molar-refractivity contribution in [3.63, 3.8) is 0 Å². The van der Waals surface area contributed by atoms with Gasteiger partial charge in [0, 0.05) is 41.6 Å². The molecule has 0 saturated heterocycles. The Labute approximate surface area is 427 Å². The summed E-state index contributed by atoms with van der Waals surface area (Å²) in [6.07, 6.45) is -9.74. The zero-order chi connectivity index (χ0) is 55.5. The maximum absolute atomic E-state index is 15.7. The lowest BCUT2D eigenvalue weighted by atomic mass is 9.93. The summed E-state index contributed by atoms with van der Waals surface area (Å²) in [5, 5.41) is 5.32. The Bertz CT molecular complexity index is 3350. The predicted octanol–water partition coefficient (Wildman–Crippen LogP) is 8.26. The summed E-state index contributed by atoms with van der Waals surface area (Å²) in [6.45, 7) is -0.942. The smallest absolute Gasteiger partial charge is 0.429 e. The Morgan fingerprint density at radius 3 is 2.25 bits per heavy atom. The minimum atomic E-state index is -5.14. The summed E-state index contributed by atoms with van der Waals surface area (Å²) < 4.78 is 204. The fourth-order valence-electron chi connectivity index (χ4n) is 8.84. The molecule has 0 bridgehead atoms. The molecule has 7 rings (SSSR count). The highest BCUT2D eigenvalue weighted by Crippen LogP contribution is 2.69. The zero-order valence-electron chi connectivity index (χ0n) is 40.0. The van der Waals surface area contributed by atoms with Crippen LogP contribution in [0.4, 0.5) is 54.5 Å². The van der Waals surface area contributed by atoms with Gasteiger partial charge in [-0.15, -0.1) is 0 Å². The van der Waals surface area contributed by atoms with E-state index in [0.29, 0.717) is 42.5 Å². The van der Waals surface area contributed by atoms with Crippen LogP contribution in [0, 0.1) is 29.4 Å². The van der Waals surface area contributed by atoms with Gasteiger partial charge in [-0.1, -0.05) is 30.0 Å². The second-order valence-corrected chi connectivity index (χ2v) is 23.6. The van der Waals surface area contributed by atoms with Crippen LogP contribution in [0.5, 0.6) is 0 Å². The maximum Gasteiger partial charge on any atom is 0.429 e. The number of alkyl halides is 8. The summed E-state index contributed by atoms with van der Waals surface area (Å²) in [5.74, 6) is -5.80. The number of pyridine rings is 1. The molecule has 75 heavy (non-hydrogen) atoms. The highest BCUT2D eigenvalue weighted by Gasteiger charge is 2.67. The number of sulfonamides is 1. The van der Waals surface area contributed by atoms with Crippen molar-refractivity contribution in [1.82, 2.24) is 24.6 Å². The molecule has 5 N–H and O–H groups in total. The van der Waals surface area contributed by atoms with Gasteiger partial charge in [-0.25, -0.2) is 35.4 Å². The van der Waals surface area contributed by atoms with Gasteiger partial charge in [0.15, 0.2) is 15.7 Å². The van der Waals surface area contributed by atoms with Gasteiger partial charge >= 0.3 is 18.4 Å². The lowest BCUT2D eigenvalue weighted by Gasteiger charge is -2.24. The van der Waals surface area contributed by atoms with Crippen molar-refractivity contribution in [2.45, 2.75) is 100 Å². The van der Waals surface area contributed by atoms with E-state index in [1.54, 1.807) is 0 Å². The number of halogens is 11. The number of hydrogen-bond donors (Lipinski definition) is 3. The molecule has 0 spiro atoms. The SMILES string of the molecule is CC(C)(C#Cc1ccc(-c2ccc(Cl)c3c(N(C(=O)OC[C@@H](N)CCCCN)S(C)(=O)=O)nn(CC(F)(F)F)c23)c([C@H](Cc2cc(F)cc(F)c2)NC(=O)Cn2cc(C(F)(F)F)c3c2C(F)(F)C2C[C@H]32)n1)S(C)(=O)=O. The number of anilines is 1. The van der Waals surface area contributed by atoms with Crippen LogP contribution in [-0.2, 0) is 61.0 Å². The first-order valence-corrected chi connectivity index (χ1v) is 26.8. The minimum absolute atomic E-state index is 0.0391. The van der Waals surface area contributed by atoms with Crippen LogP contribution in [0.25, 0.3) is 22.0 Å². The third kappa shape index (κ3) is 12.2. The van der Waals surface area contributed by atoms with E-state index in [9.17, 15) is 61.5 Å². The van der Waals surface area contributed by atoms with Gasteiger partial charge in [0.25, 0.3) is 5.92 Å². The normalized spacial score (nSPS) is 17.2. The number of carbonyl (C=O) groups excluding carboxylic acids is 2. The number of ether oxygens (including phenoxy) is 1. The second-order valence-electron chi connectivity index (χ2n) is 18.8. The van der Waals surface area contributed by atoms with Crippen molar-refractivity contribution in [1.29, 1.82) is 0 Å². The average Bonchev–Trinajstić information content (AvgIpc) is 3.79. The molecule has 1 saturated carbocycles. The van der Waals surface area contributed by atoms with Gasteiger partial charge in [-0.05, 0) is 99.4 Å². The van der Waals surface area contributed by atoms with Gasteiger partial charge < -0.3 is 26.1 Å². The third-order valence-corrected chi connectivity index (χ3v) is 15.9. The van der Waals surface area contributed by atoms with Crippen LogP contribution in [0.1, 0.15) is 85.3 Å². The number of aromatic nitrogens is 4. The highest BCUT2D eigenvalue weighted by atomic mass is 35.5. The van der Waals surface area contributed by atoms with Gasteiger partial charge in [0.1, 0.15) is 41.8 Å². The molecule has 28 heteroatoms. The van der Waals surface area contributed by atoms with Crippen LogP contribution < -0.4 is 21.1 Å². The summed E-state index contributed by atoms with van der Waals surface area (Å²) in [7, 11) is -8.77. The molecule has 5 aromatic rings. The van der Waals surface area contributed by atoms with E-state index < -0.39 is 161 Å². The van der Waals surface area contributed by atoms with Crippen molar-refractivity contribution >= 4 is 60.2 Å². The molecular formula is C47H47ClF10N8O7S2. The van der Waals surface area contributed by atoms with E-state index in [4.69, 9.17) is 27.8 Å². The molecule has 2 aliphatic carbocycles. The number of sulfone groups is 1. The molecule has 1 fully saturated rings. The van der Waals surface area contributed by atoms with E-state index in [1.165, 1.54) is 13.8 Å². The molecule has 3 aromatic heterocycles. The fraction of sp³-hybridized carbons (Fsp3) is 0.447. The van der Waals surface area contributed by atoms with Crippen LogP contribution in [0.3, 0.4) is 0 Å². The van der Waals surface area contributed by atoms with Crippen LogP contribution >= 0.6 is 11.6 Å². The van der Waals surface area contributed by atoms with E-state index in [2.05, 4.69) is 27.2 Å². The molecule has 406 valence electrons. The van der Waals surface area contributed by atoms with Gasteiger partial charge in [-0.2, -0.15) is 44.5 Å². The predicted molar refractivity (Wildman–Crippen MR) is 255 cm³/mol. The Kier molecular flexibility index (Phi) is 15.5. The summed E-state index contributed by atoms with van der Waals surface area (Å²) >= 11 is 6.66. The summed E-state index contributed by atoms with van der Waals surface area (Å²) in [6, 6.07) is 4.01. The molecule has 2 aliphatic rings.